The van der Waals surface area contributed by atoms with Crippen LogP contribution in [0.5, 0.6) is 0 Å². The lowest BCUT2D eigenvalue weighted by atomic mass is 9.95. The Hall–Kier alpha value is -1.47. The number of amides is 1. The van der Waals surface area contributed by atoms with Gasteiger partial charge in [0.15, 0.2) is 5.69 Å². The highest BCUT2D eigenvalue weighted by Gasteiger charge is 2.29. The number of rotatable bonds is 10. The number of carbonyl (C=O) groups is 2. The van der Waals surface area contributed by atoms with Crippen LogP contribution in [0, 0.1) is 11.8 Å². The summed E-state index contributed by atoms with van der Waals surface area (Å²) in [5.41, 5.74) is 0.0318. The van der Waals surface area contributed by atoms with Crippen LogP contribution in [0.3, 0.4) is 0 Å². The van der Waals surface area contributed by atoms with Crippen LogP contribution in [-0.4, -0.2) is 47.1 Å². The third-order valence-electron chi connectivity index (χ3n) is 4.64. The van der Waals surface area contributed by atoms with Gasteiger partial charge in [-0.2, -0.15) is 0 Å². The van der Waals surface area contributed by atoms with Crippen LogP contribution in [0.15, 0.2) is 5.38 Å². The molecule has 1 aromatic heterocycles. The molecule has 0 aliphatic heterocycles. The highest BCUT2D eigenvalue weighted by molar-refractivity contribution is 7.09. The van der Waals surface area contributed by atoms with Crippen LogP contribution in [0.25, 0.3) is 0 Å². The third kappa shape index (κ3) is 6.08. The summed E-state index contributed by atoms with van der Waals surface area (Å²) in [4.78, 5) is 29.6. The van der Waals surface area contributed by atoms with Crippen molar-refractivity contribution in [3.8, 4) is 0 Å². The number of ether oxygens (including phenoxy) is 1. The molecule has 0 bridgehead atoms. The molecule has 0 saturated carbocycles. The second kappa shape index (κ2) is 9.87. The molecular formula is C18H30N2O4S. The van der Waals surface area contributed by atoms with Crippen molar-refractivity contribution < 1.29 is 19.4 Å². The van der Waals surface area contributed by atoms with Gasteiger partial charge < -0.3 is 14.7 Å². The Morgan fingerprint density at radius 1 is 1.36 bits per heavy atom. The molecule has 1 N–H and O–H groups in total. The molecule has 3 atom stereocenters. The molecule has 6 nitrogen and oxygen atoms in total. The number of aromatic nitrogens is 1. The molecule has 1 rings (SSSR count). The van der Waals surface area contributed by atoms with E-state index in [0.717, 1.165) is 6.42 Å². The maximum atomic E-state index is 12.6. The minimum Gasteiger partial charge on any atom is -0.476 e. The van der Waals surface area contributed by atoms with Crippen LogP contribution in [0.4, 0.5) is 0 Å². The molecule has 0 aliphatic rings. The Bertz CT molecular complexity index is 573. The summed E-state index contributed by atoms with van der Waals surface area (Å²) >= 11 is 1.28. The van der Waals surface area contributed by atoms with Gasteiger partial charge in [-0.05, 0) is 11.8 Å². The highest BCUT2D eigenvalue weighted by atomic mass is 32.1. The largest absolute Gasteiger partial charge is 0.476 e. The van der Waals surface area contributed by atoms with Gasteiger partial charge in [-0.3, -0.25) is 4.79 Å². The molecule has 1 amide bonds. The van der Waals surface area contributed by atoms with Gasteiger partial charge in [0.25, 0.3) is 0 Å². The fraction of sp³-hybridized carbons (Fsp3) is 0.722. The standard InChI is InChI=1S/C18H30N2O4S/c1-7-12(4)8-16(21)20(5)14(11(2)3)9-15(24-6)17-19-13(10-25-17)18(22)23/h10-12,14-15H,7-9H2,1-6H3,(H,22,23)/t12-,14+,15+/m0/s1. The summed E-state index contributed by atoms with van der Waals surface area (Å²) in [5.74, 6) is -0.299. The summed E-state index contributed by atoms with van der Waals surface area (Å²) in [5, 5.41) is 11.2. The number of thiazole rings is 1. The van der Waals surface area contributed by atoms with Gasteiger partial charge in [0, 0.05) is 38.4 Å². The van der Waals surface area contributed by atoms with Crippen molar-refractivity contribution >= 4 is 23.2 Å². The predicted octanol–water partition coefficient (Wildman–Crippen LogP) is 3.84. The van der Waals surface area contributed by atoms with Gasteiger partial charge in [-0.25, -0.2) is 9.78 Å². The molecule has 0 fully saturated rings. The lowest BCUT2D eigenvalue weighted by Crippen LogP contribution is -2.42. The first-order valence-corrected chi connectivity index (χ1v) is 9.56. The second-order valence-corrected chi connectivity index (χ2v) is 7.76. The monoisotopic (exact) mass is 370 g/mol. The summed E-state index contributed by atoms with van der Waals surface area (Å²) < 4.78 is 5.56. The van der Waals surface area contributed by atoms with Gasteiger partial charge in [-0.1, -0.05) is 34.1 Å². The lowest BCUT2D eigenvalue weighted by molar-refractivity contribution is -0.134. The minimum absolute atomic E-state index is 0.00122. The SMILES string of the molecule is CC[C@H](C)CC(=O)N(C)[C@H](C[C@@H](OC)c1nc(C(=O)O)cs1)C(C)C. The van der Waals surface area contributed by atoms with Crippen molar-refractivity contribution in [1.29, 1.82) is 0 Å². The average Bonchev–Trinajstić information content (AvgIpc) is 3.04. The van der Waals surface area contributed by atoms with E-state index in [4.69, 9.17) is 9.84 Å². The predicted molar refractivity (Wildman–Crippen MR) is 98.9 cm³/mol. The maximum Gasteiger partial charge on any atom is 0.355 e. The zero-order valence-electron chi connectivity index (χ0n) is 16.0. The fourth-order valence-electron chi connectivity index (χ4n) is 2.70. The zero-order valence-corrected chi connectivity index (χ0v) is 16.8. The molecule has 0 aromatic carbocycles. The number of hydrogen-bond acceptors (Lipinski definition) is 5. The van der Waals surface area contributed by atoms with Crippen molar-refractivity contribution in [2.45, 2.75) is 59.1 Å². The van der Waals surface area contributed by atoms with E-state index in [2.05, 4.69) is 32.7 Å². The molecule has 7 heteroatoms. The van der Waals surface area contributed by atoms with Crippen molar-refractivity contribution in [2.24, 2.45) is 11.8 Å². The van der Waals surface area contributed by atoms with E-state index >= 15 is 0 Å². The van der Waals surface area contributed by atoms with Gasteiger partial charge >= 0.3 is 5.97 Å². The molecule has 142 valence electrons. The minimum atomic E-state index is -1.04. The first-order chi connectivity index (χ1) is 11.7. The van der Waals surface area contributed by atoms with E-state index in [1.54, 1.807) is 7.11 Å². The van der Waals surface area contributed by atoms with Gasteiger partial charge in [0.2, 0.25) is 5.91 Å². The van der Waals surface area contributed by atoms with Gasteiger partial charge in [0.1, 0.15) is 11.1 Å². The van der Waals surface area contributed by atoms with E-state index < -0.39 is 5.97 Å². The normalized spacial score (nSPS) is 15.0. The van der Waals surface area contributed by atoms with Gasteiger partial charge in [-0.15, -0.1) is 11.3 Å². The van der Waals surface area contributed by atoms with Crippen molar-refractivity contribution in [3.05, 3.63) is 16.1 Å². The van der Waals surface area contributed by atoms with E-state index in [0.29, 0.717) is 23.8 Å². The summed E-state index contributed by atoms with van der Waals surface area (Å²) in [7, 11) is 3.43. The summed E-state index contributed by atoms with van der Waals surface area (Å²) in [6, 6.07) is -0.00122. The first kappa shape index (κ1) is 21.6. The van der Waals surface area contributed by atoms with Crippen LogP contribution in [-0.2, 0) is 9.53 Å². The summed E-state index contributed by atoms with van der Waals surface area (Å²) in [6.07, 6.45) is 1.77. The molecule has 0 saturated heterocycles. The van der Waals surface area contributed by atoms with Gasteiger partial charge in [0.05, 0.1) is 0 Å². The van der Waals surface area contributed by atoms with Crippen LogP contribution in [0.1, 0.15) is 68.6 Å². The Labute approximate surface area is 154 Å². The molecule has 1 aromatic rings. The van der Waals surface area contributed by atoms with Crippen LogP contribution in [0.2, 0.25) is 0 Å². The zero-order chi connectivity index (χ0) is 19.1. The maximum absolute atomic E-state index is 12.6. The number of carboxylic acids is 1. The molecule has 0 spiro atoms. The van der Waals surface area contributed by atoms with Crippen LogP contribution < -0.4 is 0 Å². The van der Waals surface area contributed by atoms with Crippen molar-refractivity contribution in [1.82, 2.24) is 9.88 Å². The third-order valence-corrected chi connectivity index (χ3v) is 5.57. The molecule has 0 aliphatic carbocycles. The summed E-state index contributed by atoms with van der Waals surface area (Å²) in [6.45, 7) is 8.32. The fourth-order valence-corrected chi connectivity index (χ4v) is 3.58. The van der Waals surface area contributed by atoms with Crippen molar-refractivity contribution in [3.63, 3.8) is 0 Å². The quantitative estimate of drug-likeness (QED) is 0.677. The highest BCUT2D eigenvalue weighted by Crippen LogP contribution is 2.29. The molecule has 25 heavy (non-hydrogen) atoms. The van der Waals surface area contributed by atoms with E-state index in [9.17, 15) is 9.59 Å². The Kier molecular flexibility index (Phi) is 8.52. The number of methoxy groups -OCH3 is 1. The number of carbonyl (C=O) groups excluding carboxylic acids is 1. The number of hydrogen-bond donors (Lipinski definition) is 1. The second-order valence-electron chi connectivity index (χ2n) is 6.87. The molecular weight excluding hydrogens is 340 g/mol. The number of aromatic carboxylic acids is 1. The molecule has 0 unspecified atom stereocenters. The average molecular weight is 371 g/mol. The Morgan fingerprint density at radius 3 is 2.44 bits per heavy atom. The Balaban J connectivity index is 2.89. The number of carboxylic acid groups (broad SMARTS) is 1. The topological polar surface area (TPSA) is 79.7 Å². The first-order valence-electron chi connectivity index (χ1n) is 8.68. The van der Waals surface area contributed by atoms with Crippen molar-refractivity contribution in [2.75, 3.05) is 14.2 Å². The van der Waals surface area contributed by atoms with E-state index in [1.165, 1.54) is 16.7 Å². The number of nitrogens with zero attached hydrogens (tertiary/aromatic N) is 2. The van der Waals surface area contributed by atoms with Crippen LogP contribution >= 0.6 is 11.3 Å². The molecule has 1 heterocycles. The van der Waals surface area contributed by atoms with E-state index in [1.807, 2.05) is 11.9 Å². The Morgan fingerprint density at radius 2 is 2.00 bits per heavy atom. The smallest absolute Gasteiger partial charge is 0.355 e. The lowest BCUT2D eigenvalue weighted by Gasteiger charge is -2.34. The molecule has 0 radical (unpaired) electrons. The van der Waals surface area contributed by atoms with E-state index in [-0.39, 0.29) is 29.7 Å².